The van der Waals surface area contributed by atoms with E-state index in [-0.39, 0.29) is 0 Å². The van der Waals surface area contributed by atoms with Gasteiger partial charge in [0.25, 0.3) is 0 Å². The zero-order valence-electron chi connectivity index (χ0n) is 8.75. The van der Waals surface area contributed by atoms with Gasteiger partial charge in [-0.2, -0.15) is 0 Å². The number of pyridine rings is 1. The monoisotopic (exact) mass is 223 g/mol. The molecule has 2 rings (SSSR count). The summed E-state index contributed by atoms with van der Waals surface area (Å²) < 4.78 is 0. The van der Waals surface area contributed by atoms with Crippen LogP contribution in [0.25, 0.3) is 10.8 Å². The Kier molecular flexibility index (Phi) is 4.63. The largest absolute Gasteiger partial charge is 0.347 e. The maximum Gasteiger partial charge on any atom is 0.201 e. The van der Waals surface area contributed by atoms with Crippen LogP contribution in [-0.4, -0.2) is 14.8 Å². The molecule has 4 heteroatoms. The smallest absolute Gasteiger partial charge is 0.201 e. The molecule has 0 aliphatic heterocycles. The van der Waals surface area contributed by atoms with Crippen LogP contribution in [0, 0.1) is 0 Å². The van der Waals surface area contributed by atoms with Crippen molar-refractivity contribution in [3.8, 4) is 0 Å². The molecule has 0 fully saturated rings. The lowest BCUT2D eigenvalue weighted by atomic mass is 10.2. The Morgan fingerprint density at radius 1 is 1.07 bits per heavy atom. The second-order valence-electron chi connectivity index (χ2n) is 2.67. The lowest BCUT2D eigenvalue weighted by Crippen LogP contribution is -2.02. The van der Waals surface area contributed by atoms with E-state index in [1.807, 2.05) is 38.1 Å². The highest BCUT2D eigenvalue weighted by molar-refractivity contribution is 7.54. The molecule has 1 heterocycles. The van der Waals surface area contributed by atoms with E-state index in [1.165, 1.54) is 6.20 Å². The first-order valence-electron chi connectivity index (χ1n) is 4.79. The van der Waals surface area contributed by atoms with E-state index in [0.717, 1.165) is 10.8 Å². The minimum atomic E-state index is -2.06. The molecule has 0 radical (unpaired) electrons. The normalized spacial score (nSPS) is 9.93. The van der Waals surface area contributed by atoms with Crippen molar-refractivity contribution in [3.05, 3.63) is 36.7 Å². The van der Waals surface area contributed by atoms with Gasteiger partial charge in [0.15, 0.2) is 0 Å². The van der Waals surface area contributed by atoms with Crippen molar-refractivity contribution >= 4 is 24.5 Å². The molecule has 0 aliphatic rings. The lowest BCUT2D eigenvalue weighted by Gasteiger charge is -2.05. The standard InChI is InChI=1S/C9H8NO2P.C2H6/c11-13(12)9-6-10-5-7-3-1-2-4-8(7)9;1-2/h1-6,11-12H;1-2H3. The summed E-state index contributed by atoms with van der Waals surface area (Å²) >= 11 is 0. The molecular formula is C11H14NO2P. The van der Waals surface area contributed by atoms with Crippen LogP contribution in [0.5, 0.6) is 0 Å². The summed E-state index contributed by atoms with van der Waals surface area (Å²) in [5.41, 5.74) is 0. The third-order valence-corrected chi connectivity index (χ3v) is 2.65. The van der Waals surface area contributed by atoms with Gasteiger partial charge in [-0.3, -0.25) is 4.98 Å². The predicted molar refractivity (Wildman–Crippen MR) is 64.1 cm³/mol. The van der Waals surface area contributed by atoms with Crippen LogP contribution in [0.4, 0.5) is 0 Å². The molecule has 0 saturated carbocycles. The van der Waals surface area contributed by atoms with Crippen LogP contribution < -0.4 is 5.30 Å². The molecule has 0 bridgehead atoms. The van der Waals surface area contributed by atoms with Crippen LogP contribution >= 0.6 is 8.38 Å². The van der Waals surface area contributed by atoms with Gasteiger partial charge in [-0.25, -0.2) is 0 Å². The Morgan fingerprint density at radius 2 is 1.73 bits per heavy atom. The first-order valence-corrected chi connectivity index (χ1v) is 6.04. The summed E-state index contributed by atoms with van der Waals surface area (Å²) in [4.78, 5) is 22.1. The molecule has 0 spiro atoms. The average Bonchev–Trinajstić information content (AvgIpc) is 2.31. The van der Waals surface area contributed by atoms with Crippen LogP contribution in [0.2, 0.25) is 0 Å². The number of benzene rings is 1. The Morgan fingerprint density at radius 3 is 2.40 bits per heavy atom. The zero-order valence-corrected chi connectivity index (χ0v) is 9.65. The van der Waals surface area contributed by atoms with Crippen LogP contribution in [0.1, 0.15) is 13.8 Å². The van der Waals surface area contributed by atoms with Crippen molar-refractivity contribution in [2.24, 2.45) is 0 Å². The van der Waals surface area contributed by atoms with E-state index in [9.17, 15) is 0 Å². The van der Waals surface area contributed by atoms with Crippen LogP contribution in [-0.2, 0) is 0 Å². The van der Waals surface area contributed by atoms with Gasteiger partial charge in [0.05, 0.1) is 5.30 Å². The maximum absolute atomic E-state index is 9.10. The quantitative estimate of drug-likeness (QED) is 0.728. The van der Waals surface area contributed by atoms with Gasteiger partial charge in [0, 0.05) is 17.8 Å². The zero-order chi connectivity index (χ0) is 11.3. The summed E-state index contributed by atoms with van der Waals surface area (Å²) in [7, 11) is -2.06. The van der Waals surface area contributed by atoms with E-state index in [1.54, 1.807) is 6.20 Å². The molecule has 2 aromatic rings. The highest BCUT2D eigenvalue weighted by Crippen LogP contribution is 2.26. The lowest BCUT2D eigenvalue weighted by molar-refractivity contribution is 0.497. The second-order valence-corrected chi connectivity index (χ2v) is 3.73. The fourth-order valence-electron chi connectivity index (χ4n) is 1.26. The van der Waals surface area contributed by atoms with Crippen molar-refractivity contribution < 1.29 is 9.79 Å². The molecule has 0 unspecified atom stereocenters. The topological polar surface area (TPSA) is 53.4 Å². The van der Waals surface area contributed by atoms with Crippen molar-refractivity contribution in [3.63, 3.8) is 0 Å². The summed E-state index contributed by atoms with van der Waals surface area (Å²) in [5.74, 6) is 0. The first kappa shape index (κ1) is 12.1. The molecule has 2 N–H and O–H groups in total. The van der Waals surface area contributed by atoms with E-state index >= 15 is 0 Å². The Balaban J connectivity index is 0.000000531. The third kappa shape index (κ3) is 2.72. The molecule has 3 nitrogen and oxygen atoms in total. The number of hydrogen-bond donors (Lipinski definition) is 2. The Labute approximate surface area is 90.3 Å². The van der Waals surface area contributed by atoms with Gasteiger partial charge in [-0.05, 0) is 5.39 Å². The number of hydrogen-bond acceptors (Lipinski definition) is 3. The summed E-state index contributed by atoms with van der Waals surface area (Å²) in [5, 5.41) is 2.29. The third-order valence-electron chi connectivity index (χ3n) is 1.86. The van der Waals surface area contributed by atoms with Crippen molar-refractivity contribution in [2.75, 3.05) is 0 Å². The molecule has 15 heavy (non-hydrogen) atoms. The maximum atomic E-state index is 9.10. The van der Waals surface area contributed by atoms with Crippen molar-refractivity contribution in [1.29, 1.82) is 0 Å². The van der Waals surface area contributed by atoms with E-state index < -0.39 is 8.38 Å². The SMILES string of the molecule is CC.OP(O)c1cncc2ccccc12. The summed E-state index contributed by atoms with van der Waals surface area (Å²) in [6, 6.07) is 7.51. The Bertz CT molecular complexity index is 426. The Hall–Kier alpha value is -1.02. The van der Waals surface area contributed by atoms with E-state index in [2.05, 4.69) is 4.98 Å². The summed E-state index contributed by atoms with van der Waals surface area (Å²) in [6.45, 7) is 4.00. The number of aromatic nitrogens is 1. The molecule has 1 aromatic carbocycles. The number of fused-ring (bicyclic) bond motifs is 1. The van der Waals surface area contributed by atoms with Crippen LogP contribution in [0.3, 0.4) is 0 Å². The fourth-order valence-corrected chi connectivity index (χ4v) is 1.85. The predicted octanol–water partition coefficient (Wildman–Crippen LogP) is 2.18. The molecule has 80 valence electrons. The van der Waals surface area contributed by atoms with Crippen LogP contribution in [0.15, 0.2) is 36.7 Å². The van der Waals surface area contributed by atoms with Gasteiger partial charge in [-0.1, -0.05) is 38.1 Å². The highest BCUT2D eigenvalue weighted by Gasteiger charge is 2.07. The minimum Gasteiger partial charge on any atom is -0.347 e. The molecule has 1 aromatic heterocycles. The molecular weight excluding hydrogens is 209 g/mol. The van der Waals surface area contributed by atoms with Gasteiger partial charge in [0.2, 0.25) is 8.38 Å². The van der Waals surface area contributed by atoms with Crippen molar-refractivity contribution in [2.45, 2.75) is 13.8 Å². The highest BCUT2D eigenvalue weighted by atomic mass is 31.2. The average molecular weight is 223 g/mol. The van der Waals surface area contributed by atoms with E-state index in [0.29, 0.717) is 5.30 Å². The van der Waals surface area contributed by atoms with Gasteiger partial charge < -0.3 is 9.79 Å². The minimum absolute atomic E-state index is 0.508. The fraction of sp³-hybridized carbons (Fsp3) is 0.182. The van der Waals surface area contributed by atoms with Gasteiger partial charge in [-0.15, -0.1) is 0 Å². The van der Waals surface area contributed by atoms with Gasteiger partial charge >= 0.3 is 0 Å². The molecule has 0 aliphatic carbocycles. The molecule has 0 atom stereocenters. The first-order chi connectivity index (χ1) is 7.29. The van der Waals surface area contributed by atoms with Crippen molar-refractivity contribution in [1.82, 2.24) is 4.98 Å². The molecule has 0 amide bonds. The number of rotatable bonds is 1. The summed E-state index contributed by atoms with van der Waals surface area (Å²) in [6.07, 6.45) is 3.20. The second kappa shape index (κ2) is 5.76. The molecule has 0 saturated heterocycles. The van der Waals surface area contributed by atoms with E-state index in [4.69, 9.17) is 9.79 Å². The van der Waals surface area contributed by atoms with Gasteiger partial charge in [0.1, 0.15) is 0 Å². The number of nitrogens with zero attached hydrogens (tertiary/aromatic N) is 1.